The minimum absolute atomic E-state index is 0.0440. The van der Waals surface area contributed by atoms with Crippen LogP contribution in [-0.2, 0) is 20.9 Å². The largest absolute Gasteiger partial charge is 0.481 e. The molecule has 0 bridgehead atoms. The monoisotopic (exact) mass is 341 g/mol. The van der Waals surface area contributed by atoms with Crippen LogP contribution in [0.1, 0.15) is 36.2 Å². The first kappa shape index (κ1) is 20.1. The third-order valence-corrected chi connectivity index (χ3v) is 3.61. The molecule has 24 heavy (non-hydrogen) atoms. The van der Waals surface area contributed by atoms with Crippen molar-refractivity contribution in [2.24, 2.45) is 5.41 Å². The second-order valence-electron chi connectivity index (χ2n) is 6.05. The molecule has 0 spiro atoms. The maximum atomic E-state index is 13.7. The minimum Gasteiger partial charge on any atom is -0.481 e. The number of carbonyl (C=O) groups is 2. The van der Waals surface area contributed by atoms with E-state index < -0.39 is 17.2 Å². The number of methoxy groups -OCH3 is 1. The van der Waals surface area contributed by atoms with Crippen molar-refractivity contribution in [3.05, 3.63) is 35.1 Å². The number of carboxylic acids is 1. The van der Waals surface area contributed by atoms with Crippen LogP contribution in [0, 0.1) is 11.2 Å². The lowest BCUT2D eigenvalue weighted by atomic mass is 9.90. The van der Waals surface area contributed by atoms with Gasteiger partial charge in [0.15, 0.2) is 0 Å². The lowest BCUT2D eigenvalue weighted by Crippen LogP contribution is -2.32. The van der Waals surface area contributed by atoms with Crippen molar-refractivity contribution in [1.82, 2.24) is 5.32 Å². The molecule has 1 aromatic rings. The summed E-state index contributed by atoms with van der Waals surface area (Å²) >= 11 is 0. The molecule has 134 valence electrons. The van der Waals surface area contributed by atoms with E-state index in [2.05, 4.69) is 5.32 Å². The van der Waals surface area contributed by atoms with Crippen LogP contribution in [0.3, 0.4) is 0 Å². The molecule has 1 aromatic carbocycles. The van der Waals surface area contributed by atoms with Gasteiger partial charge in [0.25, 0.3) is 5.91 Å². The quantitative estimate of drug-likeness (QED) is 0.638. The molecule has 6 nitrogen and oxygen atoms in total. The smallest absolute Gasteiger partial charge is 0.309 e. The molecule has 1 rings (SSSR count). The number of amides is 1. The van der Waals surface area contributed by atoms with Gasteiger partial charge in [0, 0.05) is 24.8 Å². The Balaban J connectivity index is 2.59. The normalized spacial score (nSPS) is 11.3. The zero-order chi connectivity index (χ0) is 18.2. The maximum absolute atomic E-state index is 13.7. The number of halogens is 1. The fourth-order valence-electron chi connectivity index (χ4n) is 1.85. The molecule has 0 aliphatic rings. The molecular formula is C17H24FNO5. The third-order valence-electron chi connectivity index (χ3n) is 3.61. The highest BCUT2D eigenvalue weighted by Gasteiger charge is 2.26. The fourth-order valence-corrected chi connectivity index (χ4v) is 1.85. The van der Waals surface area contributed by atoms with E-state index in [0.717, 1.165) is 0 Å². The summed E-state index contributed by atoms with van der Waals surface area (Å²) in [6.45, 7) is 4.18. The highest BCUT2D eigenvalue weighted by atomic mass is 19.1. The van der Waals surface area contributed by atoms with E-state index in [0.29, 0.717) is 25.2 Å². The predicted octanol–water partition coefficient (Wildman–Crippen LogP) is 2.22. The average molecular weight is 341 g/mol. The molecule has 0 radical (unpaired) electrons. The van der Waals surface area contributed by atoms with Crippen LogP contribution >= 0.6 is 0 Å². The van der Waals surface area contributed by atoms with Gasteiger partial charge in [0.05, 0.1) is 25.2 Å². The van der Waals surface area contributed by atoms with Crippen molar-refractivity contribution in [2.75, 3.05) is 26.9 Å². The second kappa shape index (κ2) is 9.34. The van der Waals surface area contributed by atoms with E-state index in [9.17, 15) is 14.0 Å². The number of benzene rings is 1. The van der Waals surface area contributed by atoms with E-state index in [4.69, 9.17) is 14.6 Å². The minimum atomic E-state index is -0.922. The lowest BCUT2D eigenvalue weighted by molar-refractivity contribution is -0.147. The van der Waals surface area contributed by atoms with Crippen molar-refractivity contribution in [2.45, 2.75) is 26.9 Å². The van der Waals surface area contributed by atoms with E-state index in [1.54, 1.807) is 21.0 Å². The van der Waals surface area contributed by atoms with Gasteiger partial charge in [-0.05, 0) is 38.5 Å². The number of rotatable bonds is 10. The highest BCUT2D eigenvalue weighted by Crippen LogP contribution is 2.19. The van der Waals surface area contributed by atoms with Gasteiger partial charge in [0.1, 0.15) is 5.82 Å². The first-order valence-corrected chi connectivity index (χ1v) is 7.64. The van der Waals surface area contributed by atoms with Crippen LogP contribution in [-0.4, -0.2) is 43.9 Å². The van der Waals surface area contributed by atoms with Gasteiger partial charge in [-0.2, -0.15) is 0 Å². The maximum Gasteiger partial charge on any atom is 0.309 e. The number of hydrogen-bond donors (Lipinski definition) is 2. The second-order valence-corrected chi connectivity index (χ2v) is 6.05. The summed E-state index contributed by atoms with van der Waals surface area (Å²) in [7, 11) is 1.54. The van der Waals surface area contributed by atoms with Gasteiger partial charge < -0.3 is 19.9 Å². The Labute approximate surface area is 141 Å². The number of carboxylic acid groups (broad SMARTS) is 1. The van der Waals surface area contributed by atoms with E-state index in [-0.39, 0.29) is 24.6 Å². The van der Waals surface area contributed by atoms with Crippen molar-refractivity contribution in [3.8, 4) is 0 Å². The molecule has 0 saturated heterocycles. The fraction of sp³-hybridized carbons (Fsp3) is 0.529. The third kappa shape index (κ3) is 6.25. The molecule has 0 fully saturated rings. The zero-order valence-corrected chi connectivity index (χ0v) is 14.2. The summed E-state index contributed by atoms with van der Waals surface area (Å²) < 4.78 is 23.8. The number of carbonyl (C=O) groups excluding carboxylic acids is 1. The zero-order valence-electron chi connectivity index (χ0n) is 14.2. The predicted molar refractivity (Wildman–Crippen MR) is 86.3 cm³/mol. The molecule has 0 heterocycles. The van der Waals surface area contributed by atoms with E-state index in [1.165, 1.54) is 18.2 Å². The lowest BCUT2D eigenvalue weighted by Gasteiger charge is -2.19. The summed E-state index contributed by atoms with van der Waals surface area (Å²) in [5, 5.41) is 11.7. The van der Waals surface area contributed by atoms with Gasteiger partial charge in [-0.25, -0.2) is 4.39 Å². The number of aliphatic carboxylic acids is 1. The summed E-state index contributed by atoms with van der Waals surface area (Å²) in [6, 6.07) is 4.02. The van der Waals surface area contributed by atoms with E-state index >= 15 is 0 Å². The van der Waals surface area contributed by atoms with Crippen molar-refractivity contribution < 1.29 is 28.6 Å². The number of nitrogens with one attached hydrogen (secondary N) is 1. The molecule has 0 aliphatic carbocycles. The summed E-state index contributed by atoms with van der Waals surface area (Å²) in [5.74, 6) is -1.75. The first-order chi connectivity index (χ1) is 11.3. The van der Waals surface area contributed by atoms with Crippen molar-refractivity contribution >= 4 is 11.9 Å². The van der Waals surface area contributed by atoms with Crippen LogP contribution in [0.4, 0.5) is 4.39 Å². The van der Waals surface area contributed by atoms with Crippen LogP contribution < -0.4 is 5.32 Å². The molecule has 1 amide bonds. The van der Waals surface area contributed by atoms with Crippen molar-refractivity contribution in [1.29, 1.82) is 0 Å². The Bertz CT molecular complexity index is 574. The average Bonchev–Trinajstić information content (AvgIpc) is 2.52. The Hall–Kier alpha value is -1.99. The molecule has 2 N–H and O–H groups in total. The Morgan fingerprint density at radius 2 is 2.00 bits per heavy atom. The standard InChI is InChI=1S/C17H24FNO5/c1-17(2,16(21)22)6-7-19-15(20)12-4-5-14(18)13(10-12)11-24-9-8-23-3/h4-5,10H,6-9,11H2,1-3H3,(H,19,20)(H,21,22). The molecular weight excluding hydrogens is 317 g/mol. The Morgan fingerprint density at radius 1 is 1.29 bits per heavy atom. The molecule has 0 saturated carbocycles. The Kier molecular flexibility index (Phi) is 7.81. The number of hydrogen-bond acceptors (Lipinski definition) is 4. The van der Waals surface area contributed by atoms with Gasteiger partial charge in [-0.1, -0.05) is 0 Å². The first-order valence-electron chi connectivity index (χ1n) is 7.64. The Morgan fingerprint density at radius 3 is 2.62 bits per heavy atom. The number of ether oxygens (including phenoxy) is 2. The summed E-state index contributed by atoms with van der Waals surface area (Å²) in [4.78, 5) is 23.1. The molecule has 0 aromatic heterocycles. The molecule has 0 unspecified atom stereocenters. The van der Waals surface area contributed by atoms with Gasteiger partial charge in [0.2, 0.25) is 0 Å². The van der Waals surface area contributed by atoms with Crippen LogP contribution in [0.25, 0.3) is 0 Å². The topological polar surface area (TPSA) is 84.9 Å². The molecule has 7 heteroatoms. The van der Waals surface area contributed by atoms with Crippen LogP contribution in [0.15, 0.2) is 18.2 Å². The van der Waals surface area contributed by atoms with Gasteiger partial charge >= 0.3 is 5.97 Å². The van der Waals surface area contributed by atoms with E-state index in [1.807, 2.05) is 0 Å². The molecule has 0 aliphatic heterocycles. The summed E-state index contributed by atoms with van der Waals surface area (Å²) in [6.07, 6.45) is 0.294. The summed E-state index contributed by atoms with van der Waals surface area (Å²) in [5.41, 5.74) is -0.337. The highest BCUT2D eigenvalue weighted by molar-refractivity contribution is 5.94. The van der Waals surface area contributed by atoms with Crippen LogP contribution in [0.2, 0.25) is 0 Å². The van der Waals surface area contributed by atoms with Crippen LogP contribution in [0.5, 0.6) is 0 Å². The van der Waals surface area contributed by atoms with Gasteiger partial charge in [-0.15, -0.1) is 0 Å². The van der Waals surface area contributed by atoms with Gasteiger partial charge in [-0.3, -0.25) is 9.59 Å². The SMILES string of the molecule is COCCOCc1cc(C(=O)NCCC(C)(C)C(=O)O)ccc1F. The molecule has 0 atom stereocenters. The van der Waals surface area contributed by atoms with Crippen molar-refractivity contribution in [3.63, 3.8) is 0 Å².